The third kappa shape index (κ3) is 4.52. The van der Waals surface area contributed by atoms with Crippen molar-refractivity contribution < 1.29 is 18.7 Å². The first-order valence-corrected chi connectivity index (χ1v) is 14.3. The lowest BCUT2D eigenvalue weighted by molar-refractivity contribution is -0.157. The van der Waals surface area contributed by atoms with Crippen LogP contribution in [0.4, 0.5) is 4.39 Å². The maximum Gasteiger partial charge on any atom is 0.249 e. The van der Waals surface area contributed by atoms with Gasteiger partial charge in [0.1, 0.15) is 22.6 Å². The van der Waals surface area contributed by atoms with Crippen molar-refractivity contribution in [1.82, 2.24) is 34.5 Å². The summed E-state index contributed by atoms with van der Waals surface area (Å²) in [5.74, 6) is 0.691. The second-order valence-corrected chi connectivity index (χ2v) is 11.6. The van der Waals surface area contributed by atoms with E-state index in [0.29, 0.717) is 65.3 Å². The molecule has 3 fully saturated rings. The predicted octanol–water partition coefficient (Wildman–Crippen LogP) is 3.29. The highest BCUT2D eigenvalue weighted by molar-refractivity contribution is 9.10. The van der Waals surface area contributed by atoms with E-state index >= 15 is 0 Å². The Morgan fingerprint density at radius 2 is 2.10 bits per heavy atom. The first-order chi connectivity index (χ1) is 19.4. The first kappa shape index (κ1) is 25.5. The number of piperazine rings is 1. The fourth-order valence-corrected chi connectivity index (χ4v) is 6.77. The minimum atomic E-state index is -0.423. The summed E-state index contributed by atoms with van der Waals surface area (Å²) in [6, 6.07) is 6.80. The summed E-state index contributed by atoms with van der Waals surface area (Å²) in [5.41, 5.74) is 1.45. The van der Waals surface area contributed by atoms with Gasteiger partial charge in [-0.1, -0.05) is 6.07 Å². The lowest BCUT2D eigenvalue weighted by Gasteiger charge is -2.44. The van der Waals surface area contributed by atoms with Gasteiger partial charge in [-0.3, -0.25) is 14.6 Å². The molecule has 12 heteroatoms. The molecule has 0 N–H and O–H groups in total. The van der Waals surface area contributed by atoms with Crippen LogP contribution in [0, 0.1) is 17.7 Å². The highest BCUT2D eigenvalue weighted by atomic mass is 79.9. The molecule has 3 aromatic heterocycles. The molecule has 1 unspecified atom stereocenters. The normalized spacial score (nSPS) is 23.2. The Hall–Kier alpha value is -3.51. The Bertz CT molecular complexity index is 1650. The van der Waals surface area contributed by atoms with Gasteiger partial charge in [-0.05, 0) is 53.2 Å². The number of rotatable bonds is 4. The number of fused-ring (bicyclic) bond motifs is 3. The molecule has 0 spiro atoms. The number of carbonyl (C=O) groups is 2. The Labute approximate surface area is 237 Å². The molecule has 206 valence electrons. The largest absolute Gasteiger partial charge is 0.369 e. The van der Waals surface area contributed by atoms with Crippen molar-refractivity contribution in [3.63, 3.8) is 0 Å². The molecular formula is C28H27BrFN7O3. The van der Waals surface area contributed by atoms with E-state index in [-0.39, 0.29) is 36.3 Å². The molecule has 4 aromatic rings. The average Bonchev–Trinajstić information content (AvgIpc) is 3.56. The van der Waals surface area contributed by atoms with Crippen LogP contribution < -0.4 is 0 Å². The standard InChI is InChI=1S/C28H27BrFN7O3/c29-26-21-12-32-23(33-27(21)37(34-26)19-10-17-2-1-5-31-25(17)22(30)11-19)9-16-3-4-18(8-16)28(39)35-6-7-36-20(13-35)14-40-15-24(36)38/h1-2,5,10-12,16,18,20H,3-4,6-9,13-15H2/t16-,18-,20?/m1/s1. The maximum atomic E-state index is 14.8. The smallest absolute Gasteiger partial charge is 0.249 e. The number of nitrogens with zero attached hydrogens (tertiary/aromatic N) is 7. The summed E-state index contributed by atoms with van der Waals surface area (Å²) >= 11 is 3.49. The second kappa shape index (κ2) is 10.2. The molecule has 1 aromatic carbocycles. The molecule has 7 rings (SSSR count). The van der Waals surface area contributed by atoms with Crippen molar-refractivity contribution in [1.29, 1.82) is 0 Å². The number of amides is 2. The van der Waals surface area contributed by atoms with Gasteiger partial charge in [-0.25, -0.2) is 19.0 Å². The topological polar surface area (TPSA) is 106 Å². The number of pyridine rings is 1. The third-order valence-corrected chi connectivity index (χ3v) is 8.91. The van der Waals surface area contributed by atoms with Crippen LogP contribution in [0.5, 0.6) is 0 Å². The highest BCUT2D eigenvalue weighted by Gasteiger charge is 2.39. The van der Waals surface area contributed by atoms with E-state index in [4.69, 9.17) is 9.72 Å². The third-order valence-electron chi connectivity index (χ3n) is 8.33. The number of hydrogen-bond acceptors (Lipinski definition) is 7. The van der Waals surface area contributed by atoms with Crippen molar-refractivity contribution in [2.75, 3.05) is 32.8 Å². The molecule has 0 radical (unpaired) electrons. The van der Waals surface area contributed by atoms with Gasteiger partial charge in [0.15, 0.2) is 11.5 Å². The molecule has 2 amide bonds. The number of morpholine rings is 1. The van der Waals surface area contributed by atoms with Crippen molar-refractivity contribution >= 4 is 49.7 Å². The molecule has 2 aliphatic heterocycles. The van der Waals surface area contributed by atoms with E-state index in [1.54, 1.807) is 23.1 Å². The van der Waals surface area contributed by atoms with Crippen molar-refractivity contribution in [3.05, 3.63) is 52.9 Å². The van der Waals surface area contributed by atoms with Crippen LogP contribution in [0.2, 0.25) is 0 Å². The van der Waals surface area contributed by atoms with E-state index in [0.717, 1.165) is 24.6 Å². The van der Waals surface area contributed by atoms with Crippen molar-refractivity contribution in [2.24, 2.45) is 11.8 Å². The zero-order valence-electron chi connectivity index (χ0n) is 21.7. The van der Waals surface area contributed by atoms with E-state index in [1.165, 1.54) is 6.07 Å². The van der Waals surface area contributed by atoms with Crippen LogP contribution in [0.3, 0.4) is 0 Å². The Morgan fingerprint density at radius 3 is 3.00 bits per heavy atom. The van der Waals surface area contributed by atoms with Crippen molar-refractivity contribution in [2.45, 2.75) is 31.7 Å². The molecule has 10 nitrogen and oxygen atoms in total. The molecule has 5 heterocycles. The Morgan fingerprint density at radius 1 is 1.20 bits per heavy atom. The zero-order valence-corrected chi connectivity index (χ0v) is 23.3. The van der Waals surface area contributed by atoms with Crippen LogP contribution >= 0.6 is 15.9 Å². The predicted molar refractivity (Wildman–Crippen MR) is 147 cm³/mol. The van der Waals surface area contributed by atoms with Gasteiger partial charge < -0.3 is 14.5 Å². The van der Waals surface area contributed by atoms with Crippen LogP contribution in [0.25, 0.3) is 27.6 Å². The molecule has 0 bridgehead atoms. The number of ether oxygens (including phenoxy) is 1. The van der Waals surface area contributed by atoms with Crippen LogP contribution in [0.15, 0.2) is 41.3 Å². The van der Waals surface area contributed by atoms with E-state index in [9.17, 15) is 14.0 Å². The summed E-state index contributed by atoms with van der Waals surface area (Å²) < 4.78 is 22.4. The zero-order chi connectivity index (χ0) is 27.4. The van der Waals surface area contributed by atoms with Gasteiger partial charge in [0.25, 0.3) is 0 Å². The quantitative estimate of drug-likeness (QED) is 0.350. The van der Waals surface area contributed by atoms with Gasteiger partial charge in [0.2, 0.25) is 11.8 Å². The molecule has 1 aliphatic carbocycles. The highest BCUT2D eigenvalue weighted by Crippen LogP contribution is 2.35. The Balaban J connectivity index is 1.07. The summed E-state index contributed by atoms with van der Waals surface area (Å²) in [7, 11) is 0. The van der Waals surface area contributed by atoms with Crippen LogP contribution in [-0.2, 0) is 20.7 Å². The molecule has 3 atom stereocenters. The lowest BCUT2D eigenvalue weighted by Crippen LogP contribution is -2.61. The average molecular weight is 608 g/mol. The van der Waals surface area contributed by atoms with Gasteiger partial charge >= 0.3 is 0 Å². The van der Waals surface area contributed by atoms with Crippen LogP contribution in [0.1, 0.15) is 25.1 Å². The summed E-state index contributed by atoms with van der Waals surface area (Å²) in [4.78, 5) is 42.8. The fourth-order valence-electron chi connectivity index (χ4n) is 6.33. The van der Waals surface area contributed by atoms with Crippen LogP contribution in [-0.4, -0.2) is 85.2 Å². The Kier molecular flexibility index (Phi) is 6.46. The molecule has 2 saturated heterocycles. The minimum Gasteiger partial charge on any atom is -0.369 e. The van der Waals surface area contributed by atoms with Crippen molar-refractivity contribution in [3.8, 4) is 5.69 Å². The SMILES string of the molecule is O=C([C@@H]1CC[C@@H](Cc2ncc3c(Br)nn(-c4cc(F)c5ncccc5c4)c3n2)C1)N1CCN2C(=O)COCC2C1. The fraction of sp³-hybridized carbons (Fsp3) is 0.429. The van der Waals surface area contributed by atoms with E-state index in [1.807, 2.05) is 21.9 Å². The number of aromatic nitrogens is 5. The second-order valence-electron chi connectivity index (χ2n) is 10.8. The van der Waals surface area contributed by atoms with Gasteiger partial charge in [0, 0.05) is 55.8 Å². The molecule has 1 saturated carbocycles. The van der Waals surface area contributed by atoms with Gasteiger partial charge in [-0.2, -0.15) is 5.10 Å². The summed E-state index contributed by atoms with van der Waals surface area (Å²) in [5, 5.41) is 5.97. The lowest BCUT2D eigenvalue weighted by atomic mass is 9.99. The number of benzene rings is 1. The number of carbonyl (C=O) groups excluding carboxylic acids is 2. The van der Waals surface area contributed by atoms with Gasteiger partial charge in [0.05, 0.1) is 23.7 Å². The monoisotopic (exact) mass is 607 g/mol. The van der Waals surface area contributed by atoms with E-state index < -0.39 is 5.82 Å². The number of hydrogen-bond donors (Lipinski definition) is 0. The number of halogens is 2. The molecule has 3 aliphatic rings. The molecular weight excluding hydrogens is 581 g/mol. The summed E-state index contributed by atoms with van der Waals surface area (Å²) in [6.45, 7) is 2.31. The minimum absolute atomic E-state index is 0.0115. The molecule has 40 heavy (non-hydrogen) atoms. The maximum absolute atomic E-state index is 14.8. The van der Waals surface area contributed by atoms with E-state index in [2.05, 4.69) is 31.0 Å². The first-order valence-electron chi connectivity index (χ1n) is 13.6. The van der Waals surface area contributed by atoms with Gasteiger partial charge in [-0.15, -0.1) is 0 Å². The summed E-state index contributed by atoms with van der Waals surface area (Å²) in [6.07, 6.45) is 6.51.